The maximum Gasteiger partial charge on any atom is 0.226 e. The van der Waals surface area contributed by atoms with Crippen molar-refractivity contribution in [3.05, 3.63) is 42.0 Å². The Hall–Kier alpha value is -1.91. The van der Waals surface area contributed by atoms with E-state index in [1.165, 1.54) is 12.1 Å². The smallest absolute Gasteiger partial charge is 0.226 e. The maximum absolute atomic E-state index is 13.8. The number of piperazine rings is 1. The second-order valence-corrected chi connectivity index (χ2v) is 5.55. The number of carbonyl (C=O) groups is 1. The molecule has 5 heteroatoms. The number of hydrogen-bond donors (Lipinski definition) is 0. The van der Waals surface area contributed by atoms with Gasteiger partial charge in [-0.05, 0) is 25.0 Å². The van der Waals surface area contributed by atoms with Gasteiger partial charge in [-0.25, -0.2) is 8.78 Å². The van der Waals surface area contributed by atoms with Gasteiger partial charge in [-0.2, -0.15) is 0 Å². The van der Waals surface area contributed by atoms with E-state index in [4.69, 9.17) is 0 Å². The summed E-state index contributed by atoms with van der Waals surface area (Å²) in [6, 6.07) is 3.63. The Labute approximate surface area is 122 Å². The summed E-state index contributed by atoms with van der Waals surface area (Å²) in [6.07, 6.45) is 5.75. The second kappa shape index (κ2) is 5.84. The Bertz CT molecular complexity index is 557. The third-order valence-corrected chi connectivity index (χ3v) is 4.20. The zero-order chi connectivity index (χ0) is 14.8. The van der Waals surface area contributed by atoms with Gasteiger partial charge >= 0.3 is 0 Å². The van der Waals surface area contributed by atoms with Crippen molar-refractivity contribution in [3.63, 3.8) is 0 Å². The van der Waals surface area contributed by atoms with Gasteiger partial charge in [0, 0.05) is 38.2 Å². The highest BCUT2D eigenvalue weighted by atomic mass is 19.1. The van der Waals surface area contributed by atoms with Crippen molar-refractivity contribution < 1.29 is 13.6 Å². The zero-order valence-electron chi connectivity index (χ0n) is 11.8. The lowest BCUT2D eigenvalue weighted by atomic mass is 10.1. The number of amides is 1. The summed E-state index contributed by atoms with van der Waals surface area (Å²) >= 11 is 0. The molecule has 1 fully saturated rings. The average Bonchev–Trinajstić information content (AvgIpc) is 3.01. The minimum atomic E-state index is -0.571. The summed E-state index contributed by atoms with van der Waals surface area (Å²) < 4.78 is 26.7. The number of nitrogens with zero attached hydrogens (tertiary/aromatic N) is 2. The van der Waals surface area contributed by atoms with Gasteiger partial charge in [-0.1, -0.05) is 12.2 Å². The Morgan fingerprint density at radius 1 is 1.05 bits per heavy atom. The molecule has 3 nitrogen and oxygen atoms in total. The van der Waals surface area contributed by atoms with Gasteiger partial charge in [0.2, 0.25) is 5.91 Å². The molecule has 1 aromatic rings. The van der Waals surface area contributed by atoms with Crippen LogP contribution in [0.25, 0.3) is 0 Å². The van der Waals surface area contributed by atoms with Crippen molar-refractivity contribution in [2.45, 2.75) is 12.8 Å². The van der Waals surface area contributed by atoms with Crippen molar-refractivity contribution >= 4 is 11.6 Å². The fourth-order valence-corrected chi connectivity index (χ4v) is 2.98. The SMILES string of the molecule is O=C(C1CC=CC1)N1CCN(c2ccc(F)cc2F)CC1. The Morgan fingerprint density at radius 3 is 2.33 bits per heavy atom. The molecule has 1 saturated heterocycles. The number of carbonyl (C=O) groups excluding carboxylic acids is 1. The average molecular weight is 292 g/mol. The highest BCUT2D eigenvalue weighted by Gasteiger charge is 2.28. The van der Waals surface area contributed by atoms with Crippen LogP contribution in [0.5, 0.6) is 0 Å². The first kappa shape index (κ1) is 14.0. The first-order chi connectivity index (χ1) is 10.1. The van der Waals surface area contributed by atoms with Gasteiger partial charge in [-0.15, -0.1) is 0 Å². The molecule has 1 heterocycles. The number of anilines is 1. The van der Waals surface area contributed by atoms with Crippen molar-refractivity contribution in [2.24, 2.45) is 5.92 Å². The van der Waals surface area contributed by atoms with E-state index in [-0.39, 0.29) is 11.8 Å². The van der Waals surface area contributed by atoms with Gasteiger partial charge in [0.15, 0.2) is 0 Å². The molecular weight excluding hydrogens is 274 g/mol. The van der Waals surface area contributed by atoms with Crippen molar-refractivity contribution in [2.75, 3.05) is 31.1 Å². The van der Waals surface area contributed by atoms with E-state index < -0.39 is 11.6 Å². The normalized spacial score (nSPS) is 19.3. The summed E-state index contributed by atoms with van der Waals surface area (Å²) in [5, 5.41) is 0. The summed E-state index contributed by atoms with van der Waals surface area (Å²) in [4.78, 5) is 16.0. The largest absolute Gasteiger partial charge is 0.366 e. The summed E-state index contributed by atoms with van der Waals surface area (Å²) in [7, 11) is 0. The van der Waals surface area contributed by atoms with Gasteiger partial charge in [-0.3, -0.25) is 4.79 Å². The van der Waals surface area contributed by atoms with E-state index in [9.17, 15) is 13.6 Å². The maximum atomic E-state index is 13.8. The van der Waals surface area contributed by atoms with Crippen molar-refractivity contribution in [3.8, 4) is 0 Å². The molecule has 3 rings (SSSR count). The number of hydrogen-bond acceptors (Lipinski definition) is 2. The molecule has 0 atom stereocenters. The quantitative estimate of drug-likeness (QED) is 0.782. The minimum absolute atomic E-state index is 0.0825. The van der Waals surface area contributed by atoms with Crippen LogP contribution in [0.4, 0.5) is 14.5 Å². The molecule has 1 aromatic carbocycles. The molecule has 1 aliphatic carbocycles. The fourth-order valence-electron chi connectivity index (χ4n) is 2.98. The van der Waals surface area contributed by atoms with Crippen LogP contribution in [0.3, 0.4) is 0 Å². The number of allylic oxidation sites excluding steroid dienone is 2. The Kier molecular flexibility index (Phi) is 3.90. The summed E-state index contributed by atoms with van der Waals surface area (Å²) in [6.45, 7) is 2.33. The summed E-state index contributed by atoms with van der Waals surface area (Å²) in [5.74, 6) is -0.841. The summed E-state index contributed by atoms with van der Waals surface area (Å²) in [5.41, 5.74) is 0.408. The predicted octanol–water partition coefficient (Wildman–Crippen LogP) is 2.58. The van der Waals surface area contributed by atoms with Gasteiger partial charge in [0.05, 0.1) is 5.69 Å². The third kappa shape index (κ3) is 2.91. The Morgan fingerprint density at radius 2 is 1.71 bits per heavy atom. The minimum Gasteiger partial charge on any atom is -0.366 e. The lowest BCUT2D eigenvalue weighted by Crippen LogP contribution is -2.50. The molecule has 0 unspecified atom stereocenters. The van der Waals surface area contributed by atoms with Crippen LogP contribution in [0, 0.1) is 17.6 Å². The van der Waals surface area contributed by atoms with Gasteiger partial charge in [0.25, 0.3) is 0 Å². The van der Waals surface area contributed by atoms with E-state index in [0.717, 1.165) is 18.9 Å². The third-order valence-electron chi connectivity index (χ3n) is 4.20. The van der Waals surface area contributed by atoms with Crippen molar-refractivity contribution in [1.29, 1.82) is 0 Å². The molecular formula is C16H18F2N2O. The molecule has 1 aliphatic heterocycles. The van der Waals surface area contributed by atoms with Crippen LogP contribution in [0.1, 0.15) is 12.8 Å². The van der Waals surface area contributed by atoms with E-state index in [1.54, 1.807) is 0 Å². The standard InChI is InChI=1S/C16H18F2N2O/c17-13-5-6-15(14(18)11-13)19-7-9-20(10-8-19)16(21)12-3-1-2-4-12/h1-2,5-6,11-12H,3-4,7-10H2. The molecule has 21 heavy (non-hydrogen) atoms. The molecule has 0 aromatic heterocycles. The predicted molar refractivity (Wildman–Crippen MR) is 77.0 cm³/mol. The van der Waals surface area contributed by atoms with Crippen LogP contribution >= 0.6 is 0 Å². The number of halogens is 2. The Balaban J connectivity index is 1.61. The molecule has 0 N–H and O–H groups in total. The molecule has 1 amide bonds. The molecule has 0 bridgehead atoms. The molecule has 0 saturated carbocycles. The van der Waals surface area contributed by atoms with Crippen LogP contribution in [-0.4, -0.2) is 37.0 Å². The van der Waals surface area contributed by atoms with E-state index in [0.29, 0.717) is 31.9 Å². The topological polar surface area (TPSA) is 23.6 Å². The van der Waals surface area contributed by atoms with Crippen molar-refractivity contribution in [1.82, 2.24) is 4.90 Å². The second-order valence-electron chi connectivity index (χ2n) is 5.55. The molecule has 112 valence electrons. The van der Waals surface area contributed by atoms with Gasteiger partial charge in [0.1, 0.15) is 11.6 Å². The molecule has 2 aliphatic rings. The van der Waals surface area contributed by atoms with Crippen LogP contribution in [0.15, 0.2) is 30.4 Å². The monoisotopic (exact) mass is 292 g/mol. The highest BCUT2D eigenvalue weighted by Crippen LogP contribution is 2.24. The highest BCUT2D eigenvalue weighted by molar-refractivity contribution is 5.80. The fraction of sp³-hybridized carbons (Fsp3) is 0.438. The lowest BCUT2D eigenvalue weighted by Gasteiger charge is -2.37. The molecule has 0 radical (unpaired) electrons. The van der Waals surface area contributed by atoms with Gasteiger partial charge < -0.3 is 9.80 Å². The van der Waals surface area contributed by atoms with Crippen LogP contribution < -0.4 is 4.90 Å². The van der Waals surface area contributed by atoms with E-state index >= 15 is 0 Å². The van der Waals surface area contributed by atoms with Crippen LogP contribution in [-0.2, 0) is 4.79 Å². The van der Waals surface area contributed by atoms with E-state index in [2.05, 4.69) is 0 Å². The van der Waals surface area contributed by atoms with E-state index in [1.807, 2.05) is 22.0 Å². The number of rotatable bonds is 2. The first-order valence-electron chi connectivity index (χ1n) is 7.29. The first-order valence-corrected chi connectivity index (χ1v) is 7.29. The van der Waals surface area contributed by atoms with Crippen LogP contribution in [0.2, 0.25) is 0 Å². The lowest BCUT2D eigenvalue weighted by molar-refractivity contribution is -0.135. The zero-order valence-corrected chi connectivity index (χ0v) is 11.8. The molecule has 0 spiro atoms. The number of benzene rings is 1.